The summed E-state index contributed by atoms with van der Waals surface area (Å²) in [6, 6.07) is 0. The highest BCUT2D eigenvalue weighted by molar-refractivity contribution is 5.31. The lowest BCUT2D eigenvalue weighted by atomic mass is 9.72. The molecule has 0 unspecified atom stereocenters. The number of likely N-dealkylation sites (tertiary alicyclic amines) is 1. The van der Waals surface area contributed by atoms with Gasteiger partial charge in [0.05, 0.1) is 11.9 Å². The molecule has 3 rings (SSSR count). The molecule has 2 aliphatic heterocycles. The number of hydrogen-bond donors (Lipinski definition) is 1. The molecule has 0 radical (unpaired) electrons. The Bertz CT molecular complexity index is 388. The molecule has 88 valence electrons. The monoisotopic (exact) mass is 220 g/mol. The Morgan fingerprint density at radius 3 is 2.81 bits per heavy atom. The van der Waals surface area contributed by atoms with Crippen LogP contribution in [0.5, 0.6) is 0 Å². The van der Waals surface area contributed by atoms with Crippen molar-refractivity contribution in [2.75, 3.05) is 26.7 Å². The van der Waals surface area contributed by atoms with Crippen LogP contribution in [0.4, 0.5) is 0 Å². The largest absolute Gasteiger partial charge is 0.312 e. The highest BCUT2D eigenvalue weighted by Crippen LogP contribution is 2.38. The molecular weight excluding hydrogens is 200 g/mol. The lowest BCUT2D eigenvalue weighted by Crippen LogP contribution is -2.50. The average molecular weight is 220 g/mol. The maximum Gasteiger partial charge on any atom is 0.0537 e. The first-order valence-electron chi connectivity index (χ1n) is 6.12. The Labute approximate surface area is 96.6 Å². The molecule has 0 bridgehead atoms. The second kappa shape index (κ2) is 3.57. The van der Waals surface area contributed by atoms with Gasteiger partial charge in [-0.25, -0.2) is 0 Å². The van der Waals surface area contributed by atoms with Crippen molar-refractivity contribution in [2.45, 2.75) is 24.8 Å². The lowest BCUT2D eigenvalue weighted by molar-refractivity contribution is 0.169. The quantitative estimate of drug-likeness (QED) is 0.690. The summed E-state index contributed by atoms with van der Waals surface area (Å²) < 4.78 is 2.10. The molecule has 0 atom stereocenters. The summed E-state index contributed by atoms with van der Waals surface area (Å²) in [7, 11) is 4.30. The molecular formula is C12H20N4. The standard InChI is InChI=1S/C12H20N4/c1-15-5-3-12(4-6-15)9-13-7-10-8-14-16(2)11(10)12/h8,13H,3-7,9H2,1-2H3. The van der Waals surface area contributed by atoms with E-state index in [1.54, 1.807) is 0 Å². The van der Waals surface area contributed by atoms with Gasteiger partial charge in [0, 0.05) is 31.1 Å². The zero-order chi connectivity index (χ0) is 11.2. The Kier molecular flexibility index (Phi) is 2.30. The first-order chi connectivity index (χ1) is 7.71. The third-order valence-corrected chi connectivity index (χ3v) is 4.24. The van der Waals surface area contributed by atoms with Gasteiger partial charge in [0.2, 0.25) is 0 Å². The van der Waals surface area contributed by atoms with Gasteiger partial charge in [-0.1, -0.05) is 0 Å². The normalized spacial score (nSPS) is 24.6. The van der Waals surface area contributed by atoms with Crippen molar-refractivity contribution in [1.82, 2.24) is 20.0 Å². The van der Waals surface area contributed by atoms with E-state index in [-0.39, 0.29) is 0 Å². The molecule has 0 aromatic carbocycles. The van der Waals surface area contributed by atoms with Crippen molar-refractivity contribution < 1.29 is 0 Å². The maximum atomic E-state index is 4.43. The third kappa shape index (κ3) is 1.40. The van der Waals surface area contributed by atoms with E-state index in [0.717, 1.165) is 13.1 Å². The van der Waals surface area contributed by atoms with Crippen LogP contribution in [0, 0.1) is 0 Å². The van der Waals surface area contributed by atoms with E-state index in [0.29, 0.717) is 5.41 Å². The van der Waals surface area contributed by atoms with Crippen LogP contribution in [0.1, 0.15) is 24.1 Å². The summed E-state index contributed by atoms with van der Waals surface area (Å²) >= 11 is 0. The average Bonchev–Trinajstić information content (AvgIpc) is 2.67. The fourth-order valence-electron chi connectivity index (χ4n) is 3.28. The number of nitrogens with one attached hydrogen (secondary N) is 1. The zero-order valence-electron chi connectivity index (χ0n) is 10.2. The fraction of sp³-hybridized carbons (Fsp3) is 0.750. The topological polar surface area (TPSA) is 33.1 Å². The highest BCUT2D eigenvalue weighted by atomic mass is 15.3. The molecule has 1 N–H and O–H groups in total. The smallest absolute Gasteiger partial charge is 0.0537 e. The van der Waals surface area contributed by atoms with E-state index in [1.165, 1.54) is 37.2 Å². The van der Waals surface area contributed by atoms with Crippen LogP contribution in [-0.2, 0) is 19.0 Å². The SMILES string of the molecule is CN1CCC2(CC1)CNCc1cnn(C)c12. The fourth-order valence-corrected chi connectivity index (χ4v) is 3.28. The Morgan fingerprint density at radius 1 is 1.31 bits per heavy atom. The van der Waals surface area contributed by atoms with Crippen molar-refractivity contribution in [3.63, 3.8) is 0 Å². The number of fused-ring (bicyclic) bond motifs is 2. The Hall–Kier alpha value is -0.870. The molecule has 0 amide bonds. The minimum absolute atomic E-state index is 0.339. The van der Waals surface area contributed by atoms with Gasteiger partial charge in [0.1, 0.15) is 0 Å². The highest BCUT2D eigenvalue weighted by Gasteiger charge is 2.41. The summed E-state index contributed by atoms with van der Waals surface area (Å²) in [6.07, 6.45) is 4.54. The van der Waals surface area contributed by atoms with E-state index >= 15 is 0 Å². The van der Waals surface area contributed by atoms with Crippen molar-refractivity contribution in [2.24, 2.45) is 7.05 Å². The maximum absolute atomic E-state index is 4.43. The molecule has 4 heteroatoms. The van der Waals surface area contributed by atoms with E-state index in [1.807, 2.05) is 6.20 Å². The van der Waals surface area contributed by atoms with E-state index in [2.05, 4.69) is 34.1 Å². The molecule has 4 nitrogen and oxygen atoms in total. The zero-order valence-corrected chi connectivity index (χ0v) is 10.2. The van der Waals surface area contributed by atoms with Crippen molar-refractivity contribution >= 4 is 0 Å². The molecule has 0 aliphatic carbocycles. The van der Waals surface area contributed by atoms with Crippen LogP contribution < -0.4 is 5.32 Å². The van der Waals surface area contributed by atoms with Gasteiger partial charge in [0.25, 0.3) is 0 Å². The molecule has 1 spiro atoms. The summed E-state index contributed by atoms with van der Waals surface area (Å²) in [5, 5.41) is 7.99. The number of hydrogen-bond acceptors (Lipinski definition) is 3. The minimum Gasteiger partial charge on any atom is -0.312 e. The third-order valence-electron chi connectivity index (χ3n) is 4.24. The van der Waals surface area contributed by atoms with Crippen LogP contribution in [0.25, 0.3) is 0 Å². The second-order valence-electron chi connectivity index (χ2n) is 5.33. The number of nitrogens with zero attached hydrogens (tertiary/aromatic N) is 3. The number of rotatable bonds is 0. The van der Waals surface area contributed by atoms with E-state index in [9.17, 15) is 0 Å². The first-order valence-corrected chi connectivity index (χ1v) is 6.12. The molecule has 1 fully saturated rings. The van der Waals surface area contributed by atoms with Gasteiger partial charge in [-0.05, 0) is 33.0 Å². The van der Waals surface area contributed by atoms with Gasteiger partial charge in [-0.15, -0.1) is 0 Å². The van der Waals surface area contributed by atoms with Gasteiger partial charge in [0.15, 0.2) is 0 Å². The van der Waals surface area contributed by atoms with Crippen LogP contribution in [0.3, 0.4) is 0 Å². The van der Waals surface area contributed by atoms with Gasteiger partial charge >= 0.3 is 0 Å². The summed E-state index contributed by atoms with van der Waals surface area (Å²) in [5.74, 6) is 0. The van der Waals surface area contributed by atoms with Crippen LogP contribution in [-0.4, -0.2) is 41.4 Å². The lowest BCUT2D eigenvalue weighted by Gasteiger charge is -2.43. The number of piperidine rings is 1. The molecule has 1 aromatic heterocycles. The summed E-state index contributed by atoms with van der Waals surface area (Å²) in [6.45, 7) is 4.51. The number of aromatic nitrogens is 2. The van der Waals surface area contributed by atoms with Gasteiger partial charge in [-0.3, -0.25) is 4.68 Å². The van der Waals surface area contributed by atoms with Gasteiger partial charge < -0.3 is 10.2 Å². The molecule has 1 saturated heterocycles. The Balaban J connectivity index is 2.00. The van der Waals surface area contributed by atoms with Crippen molar-refractivity contribution in [1.29, 1.82) is 0 Å². The van der Waals surface area contributed by atoms with E-state index in [4.69, 9.17) is 0 Å². The second-order valence-corrected chi connectivity index (χ2v) is 5.33. The molecule has 3 heterocycles. The molecule has 0 saturated carbocycles. The van der Waals surface area contributed by atoms with Crippen LogP contribution in [0.2, 0.25) is 0 Å². The van der Waals surface area contributed by atoms with Crippen LogP contribution >= 0.6 is 0 Å². The summed E-state index contributed by atoms with van der Waals surface area (Å²) in [4.78, 5) is 2.43. The van der Waals surface area contributed by atoms with Gasteiger partial charge in [-0.2, -0.15) is 5.10 Å². The number of aryl methyl sites for hydroxylation is 1. The Morgan fingerprint density at radius 2 is 2.06 bits per heavy atom. The molecule has 2 aliphatic rings. The predicted octanol–water partition coefficient (Wildman–Crippen LogP) is 0.487. The summed E-state index contributed by atoms with van der Waals surface area (Å²) in [5.41, 5.74) is 3.23. The van der Waals surface area contributed by atoms with Crippen LogP contribution in [0.15, 0.2) is 6.20 Å². The van der Waals surface area contributed by atoms with E-state index < -0.39 is 0 Å². The van der Waals surface area contributed by atoms with Crippen molar-refractivity contribution in [3.05, 3.63) is 17.5 Å². The molecule has 16 heavy (non-hydrogen) atoms. The molecule has 1 aromatic rings. The minimum atomic E-state index is 0.339. The van der Waals surface area contributed by atoms with Crippen molar-refractivity contribution in [3.8, 4) is 0 Å². The predicted molar refractivity (Wildman–Crippen MR) is 63.3 cm³/mol. The first kappa shape index (κ1) is 10.3.